The SMILES string of the molecule is CNCc1cc(S(=O)(=O)NCCN(C)C(C)C)cn1C. The second kappa shape index (κ2) is 7.21. The summed E-state index contributed by atoms with van der Waals surface area (Å²) in [6, 6.07) is 2.10. The normalized spacial score (nSPS) is 12.6. The molecule has 0 aromatic carbocycles. The zero-order valence-electron chi connectivity index (χ0n) is 13.0. The van der Waals surface area contributed by atoms with Crippen molar-refractivity contribution in [3.63, 3.8) is 0 Å². The van der Waals surface area contributed by atoms with E-state index in [0.29, 0.717) is 30.6 Å². The first kappa shape index (κ1) is 17.2. The molecule has 0 spiro atoms. The van der Waals surface area contributed by atoms with Gasteiger partial charge in [0.2, 0.25) is 10.0 Å². The van der Waals surface area contributed by atoms with Crippen molar-refractivity contribution in [2.45, 2.75) is 31.3 Å². The maximum absolute atomic E-state index is 12.2. The largest absolute Gasteiger partial charge is 0.352 e. The molecule has 0 aliphatic carbocycles. The van der Waals surface area contributed by atoms with E-state index < -0.39 is 10.0 Å². The molecule has 0 bridgehead atoms. The molecule has 0 amide bonds. The van der Waals surface area contributed by atoms with Gasteiger partial charge in [-0.05, 0) is 34.0 Å². The monoisotopic (exact) mass is 302 g/mol. The number of nitrogens with zero attached hydrogens (tertiary/aromatic N) is 2. The van der Waals surface area contributed by atoms with Gasteiger partial charge in [-0.15, -0.1) is 0 Å². The average Bonchev–Trinajstić information content (AvgIpc) is 2.72. The molecule has 7 heteroatoms. The molecule has 0 saturated carbocycles. The van der Waals surface area contributed by atoms with Crippen LogP contribution in [0.25, 0.3) is 0 Å². The highest BCUT2D eigenvalue weighted by atomic mass is 32.2. The van der Waals surface area contributed by atoms with Crippen LogP contribution >= 0.6 is 0 Å². The summed E-state index contributed by atoms with van der Waals surface area (Å²) < 4.78 is 28.8. The first-order chi connectivity index (χ1) is 9.27. The van der Waals surface area contributed by atoms with Gasteiger partial charge in [-0.2, -0.15) is 0 Å². The smallest absolute Gasteiger partial charge is 0.242 e. The highest BCUT2D eigenvalue weighted by Crippen LogP contribution is 2.13. The lowest BCUT2D eigenvalue weighted by Gasteiger charge is -2.20. The molecule has 2 N–H and O–H groups in total. The van der Waals surface area contributed by atoms with Gasteiger partial charge >= 0.3 is 0 Å². The summed E-state index contributed by atoms with van der Waals surface area (Å²) in [5, 5.41) is 3.02. The Morgan fingerprint density at radius 1 is 1.40 bits per heavy atom. The van der Waals surface area contributed by atoms with Crippen molar-refractivity contribution in [1.29, 1.82) is 0 Å². The molecule has 1 rings (SSSR count). The minimum absolute atomic E-state index is 0.317. The fourth-order valence-corrected chi connectivity index (χ4v) is 2.89. The Kier molecular flexibility index (Phi) is 6.19. The van der Waals surface area contributed by atoms with Gasteiger partial charge in [0, 0.05) is 44.6 Å². The van der Waals surface area contributed by atoms with E-state index >= 15 is 0 Å². The van der Waals surface area contributed by atoms with E-state index in [9.17, 15) is 8.42 Å². The van der Waals surface area contributed by atoms with E-state index in [4.69, 9.17) is 0 Å². The van der Waals surface area contributed by atoms with Crippen molar-refractivity contribution in [1.82, 2.24) is 19.5 Å². The van der Waals surface area contributed by atoms with E-state index in [1.54, 1.807) is 12.3 Å². The second-order valence-electron chi connectivity index (χ2n) is 5.28. The number of nitrogens with one attached hydrogen (secondary N) is 2. The number of sulfonamides is 1. The van der Waals surface area contributed by atoms with Crippen LogP contribution < -0.4 is 10.0 Å². The zero-order valence-corrected chi connectivity index (χ0v) is 13.8. The Bertz CT molecular complexity index is 522. The minimum atomic E-state index is -3.43. The van der Waals surface area contributed by atoms with Crippen LogP contribution in [0.2, 0.25) is 0 Å². The molecule has 0 radical (unpaired) electrons. The van der Waals surface area contributed by atoms with Gasteiger partial charge in [-0.25, -0.2) is 13.1 Å². The molecule has 0 saturated heterocycles. The second-order valence-corrected chi connectivity index (χ2v) is 7.05. The molecule has 116 valence electrons. The standard InChI is InChI=1S/C13H26N4O2S/c1-11(2)16(4)7-6-15-20(18,19)13-8-12(9-14-3)17(5)10-13/h8,10-11,14-15H,6-7,9H2,1-5H3. The summed E-state index contributed by atoms with van der Waals surface area (Å²) in [5.74, 6) is 0. The van der Waals surface area contributed by atoms with Crippen LogP contribution in [0.15, 0.2) is 17.2 Å². The van der Waals surface area contributed by atoms with Gasteiger partial charge in [0.1, 0.15) is 0 Å². The molecule has 20 heavy (non-hydrogen) atoms. The Hall–Kier alpha value is -0.890. The maximum atomic E-state index is 12.2. The van der Waals surface area contributed by atoms with Crippen molar-refractivity contribution in [3.05, 3.63) is 18.0 Å². The summed E-state index contributed by atoms with van der Waals surface area (Å²) in [7, 11) is 2.23. The molecule has 0 unspecified atom stereocenters. The third kappa shape index (κ3) is 4.59. The summed E-state index contributed by atoms with van der Waals surface area (Å²) in [4.78, 5) is 2.41. The minimum Gasteiger partial charge on any atom is -0.352 e. The average molecular weight is 302 g/mol. The lowest BCUT2D eigenvalue weighted by atomic mass is 10.3. The van der Waals surface area contributed by atoms with Crippen LogP contribution in [0.1, 0.15) is 19.5 Å². The topological polar surface area (TPSA) is 66.4 Å². The number of likely N-dealkylation sites (N-methyl/N-ethyl adjacent to an activating group) is 1. The third-order valence-electron chi connectivity index (χ3n) is 3.39. The fraction of sp³-hybridized carbons (Fsp3) is 0.692. The molecule has 0 aliphatic rings. The van der Waals surface area contributed by atoms with E-state index in [1.807, 2.05) is 25.7 Å². The van der Waals surface area contributed by atoms with Gasteiger partial charge in [0.25, 0.3) is 0 Å². The van der Waals surface area contributed by atoms with Gasteiger partial charge in [-0.1, -0.05) is 0 Å². The van der Waals surface area contributed by atoms with Crippen molar-refractivity contribution < 1.29 is 8.42 Å². The first-order valence-corrected chi connectivity index (χ1v) is 8.26. The Labute approximate surface area is 122 Å². The number of aromatic nitrogens is 1. The van der Waals surface area contributed by atoms with Crippen molar-refractivity contribution in [2.75, 3.05) is 27.2 Å². The van der Waals surface area contributed by atoms with Gasteiger partial charge in [0.05, 0.1) is 4.90 Å². The Morgan fingerprint density at radius 2 is 2.05 bits per heavy atom. The van der Waals surface area contributed by atoms with E-state index in [2.05, 4.69) is 28.8 Å². The van der Waals surface area contributed by atoms with Crippen molar-refractivity contribution in [2.24, 2.45) is 7.05 Å². The number of hydrogen-bond acceptors (Lipinski definition) is 4. The van der Waals surface area contributed by atoms with E-state index in [-0.39, 0.29) is 0 Å². The van der Waals surface area contributed by atoms with Crippen molar-refractivity contribution in [3.8, 4) is 0 Å². The molecular weight excluding hydrogens is 276 g/mol. The highest BCUT2D eigenvalue weighted by Gasteiger charge is 2.17. The molecule has 0 atom stereocenters. The highest BCUT2D eigenvalue weighted by molar-refractivity contribution is 7.89. The molecule has 1 heterocycles. The molecule has 6 nitrogen and oxygen atoms in total. The van der Waals surface area contributed by atoms with Crippen LogP contribution in [0.5, 0.6) is 0 Å². The van der Waals surface area contributed by atoms with Crippen LogP contribution in [-0.4, -0.2) is 51.1 Å². The maximum Gasteiger partial charge on any atom is 0.242 e. The van der Waals surface area contributed by atoms with E-state index in [0.717, 1.165) is 5.69 Å². The number of hydrogen-bond donors (Lipinski definition) is 2. The number of aryl methyl sites for hydroxylation is 1. The van der Waals surface area contributed by atoms with Crippen molar-refractivity contribution >= 4 is 10.0 Å². The summed E-state index contributed by atoms with van der Waals surface area (Å²) in [5.41, 5.74) is 0.937. The number of rotatable bonds is 8. The summed E-state index contributed by atoms with van der Waals surface area (Å²) in [6.45, 7) is 5.90. The Balaban J connectivity index is 2.67. The molecule has 0 fully saturated rings. The van der Waals surface area contributed by atoms with Gasteiger partial charge in [0.15, 0.2) is 0 Å². The third-order valence-corrected chi connectivity index (χ3v) is 4.82. The molecule has 1 aromatic rings. The van der Waals surface area contributed by atoms with Gasteiger partial charge < -0.3 is 14.8 Å². The summed E-state index contributed by atoms with van der Waals surface area (Å²) >= 11 is 0. The van der Waals surface area contributed by atoms with Crippen LogP contribution in [-0.2, 0) is 23.6 Å². The van der Waals surface area contributed by atoms with E-state index in [1.165, 1.54) is 0 Å². The predicted octanol–water partition coefficient (Wildman–Crippen LogP) is 0.363. The van der Waals surface area contributed by atoms with Crippen LogP contribution in [0.3, 0.4) is 0 Å². The van der Waals surface area contributed by atoms with Gasteiger partial charge in [-0.3, -0.25) is 0 Å². The predicted molar refractivity (Wildman–Crippen MR) is 81.1 cm³/mol. The molecule has 1 aromatic heterocycles. The van der Waals surface area contributed by atoms with Crippen LogP contribution in [0.4, 0.5) is 0 Å². The first-order valence-electron chi connectivity index (χ1n) is 6.77. The zero-order chi connectivity index (χ0) is 15.3. The lowest BCUT2D eigenvalue weighted by molar-refractivity contribution is 0.278. The van der Waals surface area contributed by atoms with Crippen LogP contribution in [0, 0.1) is 0 Å². The quantitative estimate of drug-likeness (QED) is 0.728. The fourth-order valence-electron chi connectivity index (χ4n) is 1.78. The molecule has 0 aliphatic heterocycles. The lowest BCUT2D eigenvalue weighted by Crippen LogP contribution is -2.36. The Morgan fingerprint density at radius 3 is 2.60 bits per heavy atom. The molecular formula is C13H26N4O2S. The summed E-state index contributed by atoms with van der Waals surface area (Å²) in [6.07, 6.45) is 1.64.